The SMILES string of the molecule is CN(C)C=CC=C(C=O)C(=O)O. The fourth-order valence-corrected chi connectivity index (χ4v) is 0.480. The van der Waals surface area contributed by atoms with Crippen LogP contribution in [0.5, 0.6) is 0 Å². The molecule has 0 fully saturated rings. The Morgan fingerprint density at radius 2 is 2.00 bits per heavy atom. The van der Waals surface area contributed by atoms with E-state index < -0.39 is 5.97 Å². The second-order valence-electron chi connectivity index (χ2n) is 2.35. The van der Waals surface area contributed by atoms with Crippen molar-refractivity contribution in [1.29, 1.82) is 0 Å². The number of aliphatic carboxylic acids is 1. The van der Waals surface area contributed by atoms with Gasteiger partial charge in [-0.2, -0.15) is 0 Å². The Labute approximate surface area is 70.8 Å². The zero-order valence-electron chi connectivity index (χ0n) is 7.02. The molecule has 0 saturated carbocycles. The molecule has 4 heteroatoms. The van der Waals surface area contributed by atoms with Crippen LogP contribution in [-0.4, -0.2) is 36.4 Å². The molecule has 0 saturated heterocycles. The lowest BCUT2D eigenvalue weighted by atomic mass is 10.3. The van der Waals surface area contributed by atoms with E-state index in [9.17, 15) is 9.59 Å². The lowest BCUT2D eigenvalue weighted by Crippen LogP contribution is -2.02. The predicted octanol–water partition coefficient (Wildman–Crippen LogP) is 0.272. The van der Waals surface area contributed by atoms with E-state index in [-0.39, 0.29) is 5.57 Å². The number of carboxylic acids is 1. The van der Waals surface area contributed by atoms with Crippen molar-refractivity contribution in [3.8, 4) is 0 Å². The van der Waals surface area contributed by atoms with Gasteiger partial charge in [-0.05, 0) is 18.4 Å². The van der Waals surface area contributed by atoms with Gasteiger partial charge < -0.3 is 10.0 Å². The molecule has 0 aliphatic carbocycles. The van der Waals surface area contributed by atoms with Crippen LogP contribution in [0.1, 0.15) is 0 Å². The molecule has 0 atom stereocenters. The largest absolute Gasteiger partial charge is 0.478 e. The molecular formula is C8H11NO3. The molecule has 0 bridgehead atoms. The summed E-state index contributed by atoms with van der Waals surface area (Å²) in [6, 6.07) is 0. The minimum Gasteiger partial charge on any atom is -0.478 e. The van der Waals surface area contributed by atoms with E-state index >= 15 is 0 Å². The van der Waals surface area contributed by atoms with Crippen LogP contribution in [0.2, 0.25) is 0 Å². The van der Waals surface area contributed by atoms with E-state index in [2.05, 4.69) is 0 Å². The average Bonchev–Trinajstić information content (AvgIpc) is 1.96. The Morgan fingerprint density at radius 1 is 1.42 bits per heavy atom. The zero-order valence-corrected chi connectivity index (χ0v) is 7.02. The van der Waals surface area contributed by atoms with Crippen LogP contribution in [0.15, 0.2) is 23.9 Å². The lowest BCUT2D eigenvalue weighted by Gasteiger charge is -2.00. The third-order valence-electron chi connectivity index (χ3n) is 1.03. The highest BCUT2D eigenvalue weighted by Crippen LogP contribution is 1.90. The Bertz CT molecular complexity index is 228. The van der Waals surface area contributed by atoms with Crippen LogP contribution >= 0.6 is 0 Å². The topological polar surface area (TPSA) is 57.6 Å². The summed E-state index contributed by atoms with van der Waals surface area (Å²) in [6.07, 6.45) is 4.70. The van der Waals surface area contributed by atoms with Crippen molar-refractivity contribution in [2.75, 3.05) is 14.1 Å². The van der Waals surface area contributed by atoms with E-state index in [4.69, 9.17) is 5.11 Å². The first-order valence-electron chi connectivity index (χ1n) is 3.31. The molecule has 0 aromatic carbocycles. The maximum Gasteiger partial charge on any atom is 0.339 e. The Kier molecular flexibility index (Phi) is 4.45. The van der Waals surface area contributed by atoms with Gasteiger partial charge >= 0.3 is 5.97 Å². The van der Waals surface area contributed by atoms with Crippen molar-refractivity contribution < 1.29 is 14.7 Å². The number of hydrogen-bond acceptors (Lipinski definition) is 3. The molecule has 4 nitrogen and oxygen atoms in total. The number of carboxylic acid groups (broad SMARTS) is 1. The molecule has 0 spiro atoms. The highest BCUT2D eigenvalue weighted by molar-refractivity contribution is 6.06. The molecule has 1 N–H and O–H groups in total. The second-order valence-corrected chi connectivity index (χ2v) is 2.35. The highest BCUT2D eigenvalue weighted by atomic mass is 16.4. The van der Waals surface area contributed by atoms with E-state index in [0.717, 1.165) is 0 Å². The van der Waals surface area contributed by atoms with Crippen LogP contribution < -0.4 is 0 Å². The number of allylic oxidation sites excluding steroid dienone is 2. The number of nitrogens with zero attached hydrogens (tertiary/aromatic N) is 1. The Hall–Kier alpha value is -1.58. The maximum absolute atomic E-state index is 10.3. The molecule has 0 radical (unpaired) electrons. The minimum absolute atomic E-state index is 0.256. The molecule has 0 amide bonds. The van der Waals surface area contributed by atoms with Crippen molar-refractivity contribution in [3.05, 3.63) is 23.9 Å². The van der Waals surface area contributed by atoms with Gasteiger partial charge in [0, 0.05) is 14.1 Å². The fraction of sp³-hybridized carbons (Fsp3) is 0.250. The molecular weight excluding hydrogens is 158 g/mol. The highest BCUT2D eigenvalue weighted by Gasteiger charge is 2.01. The van der Waals surface area contributed by atoms with E-state index in [1.165, 1.54) is 12.2 Å². The van der Waals surface area contributed by atoms with Crippen LogP contribution in [0.4, 0.5) is 0 Å². The Balaban J connectivity index is 4.31. The summed E-state index contributed by atoms with van der Waals surface area (Å²) in [6.45, 7) is 0. The predicted molar refractivity (Wildman–Crippen MR) is 44.6 cm³/mol. The second kappa shape index (κ2) is 5.12. The number of aldehydes is 1. The van der Waals surface area contributed by atoms with Gasteiger partial charge in [0.2, 0.25) is 0 Å². The molecule has 0 aromatic heterocycles. The van der Waals surface area contributed by atoms with Gasteiger partial charge in [0.1, 0.15) is 0 Å². The molecule has 0 unspecified atom stereocenters. The van der Waals surface area contributed by atoms with Gasteiger partial charge in [0.05, 0.1) is 5.57 Å². The molecule has 12 heavy (non-hydrogen) atoms. The summed E-state index contributed by atoms with van der Waals surface area (Å²) >= 11 is 0. The summed E-state index contributed by atoms with van der Waals surface area (Å²) in [5, 5.41) is 8.39. The summed E-state index contributed by atoms with van der Waals surface area (Å²) < 4.78 is 0. The monoisotopic (exact) mass is 169 g/mol. The smallest absolute Gasteiger partial charge is 0.339 e. The van der Waals surface area contributed by atoms with Crippen LogP contribution in [0, 0.1) is 0 Å². The average molecular weight is 169 g/mol. The quantitative estimate of drug-likeness (QED) is 0.216. The third-order valence-corrected chi connectivity index (χ3v) is 1.03. The first-order valence-corrected chi connectivity index (χ1v) is 3.31. The summed E-state index contributed by atoms with van der Waals surface area (Å²) in [5.74, 6) is -1.21. The third kappa shape index (κ3) is 4.27. The van der Waals surface area contributed by atoms with Crippen LogP contribution in [-0.2, 0) is 9.59 Å². The van der Waals surface area contributed by atoms with Gasteiger partial charge in [-0.15, -0.1) is 0 Å². The van der Waals surface area contributed by atoms with Gasteiger partial charge in [0.15, 0.2) is 6.29 Å². The van der Waals surface area contributed by atoms with Gasteiger partial charge in [-0.1, -0.05) is 0 Å². The van der Waals surface area contributed by atoms with Crippen molar-refractivity contribution in [1.82, 2.24) is 4.90 Å². The number of carbonyl (C=O) groups is 2. The lowest BCUT2D eigenvalue weighted by molar-refractivity contribution is -0.133. The first-order chi connectivity index (χ1) is 5.57. The molecule has 0 heterocycles. The maximum atomic E-state index is 10.3. The van der Waals surface area contributed by atoms with Gasteiger partial charge in [0.25, 0.3) is 0 Å². The Morgan fingerprint density at radius 3 is 2.33 bits per heavy atom. The van der Waals surface area contributed by atoms with Crippen molar-refractivity contribution >= 4 is 12.3 Å². The van der Waals surface area contributed by atoms with Crippen LogP contribution in [0.3, 0.4) is 0 Å². The van der Waals surface area contributed by atoms with Crippen molar-refractivity contribution in [3.63, 3.8) is 0 Å². The van der Waals surface area contributed by atoms with E-state index in [1.807, 2.05) is 0 Å². The molecule has 0 aliphatic rings. The van der Waals surface area contributed by atoms with Crippen LogP contribution in [0.25, 0.3) is 0 Å². The normalized spacial score (nSPS) is 11.7. The number of carbonyl (C=O) groups excluding carboxylic acids is 1. The van der Waals surface area contributed by atoms with Gasteiger partial charge in [-0.25, -0.2) is 4.79 Å². The number of rotatable bonds is 4. The summed E-state index contributed by atoms with van der Waals surface area (Å²) in [4.78, 5) is 22.1. The van der Waals surface area contributed by atoms with Gasteiger partial charge in [-0.3, -0.25) is 4.79 Å². The van der Waals surface area contributed by atoms with E-state index in [0.29, 0.717) is 6.29 Å². The molecule has 0 aromatic rings. The van der Waals surface area contributed by atoms with E-state index in [1.54, 1.807) is 25.2 Å². The van der Waals surface area contributed by atoms with Crippen molar-refractivity contribution in [2.24, 2.45) is 0 Å². The molecule has 66 valence electrons. The standard InChI is InChI=1S/C8H11NO3/c1-9(2)5-3-4-7(6-10)8(11)12/h3-6H,1-2H3,(H,11,12). The number of hydrogen-bond donors (Lipinski definition) is 1. The first kappa shape index (κ1) is 10.4. The molecule has 0 rings (SSSR count). The fourth-order valence-electron chi connectivity index (χ4n) is 0.480. The summed E-state index contributed by atoms with van der Waals surface area (Å²) in [5.41, 5.74) is -0.256. The zero-order chi connectivity index (χ0) is 9.56. The minimum atomic E-state index is -1.21. The molecule has 0 aliphatic heterocycles. The summed E-state index contributed by atoms with van der Waals surface area (Å²) in [7, 11) is 3.59. The van der Waals surface area contributed by atoms with Crippen molar-refractivity contribution in [2.45, 2.75) is 0 Å².